The molecule has 0 unspecified atom stereocenters. The van der Waals surface area contributed by atoms with E-state index in [9.17, 15) is 18.0 Å². The number of benzene rings is 2. The lowest BCUT2D eigenvalue weighted by atomic mass is 10.0. The van der Waals surface area contributed by atoms with Crippen LogP contribution in [0.1, 0.15) is 80.3 Å². The van der Waals surface area contributed by atoms with Crippen LogP contribution in [-0.4, -0.2) is 52.9 Å². The Kier molecular flexibility index (Phi) is 9.88. The predicted molar refractivity (Wildman–Crippen MR) is 169 cm³/mol. The molecule has 2 aromatic carbocycles. The first-order valence-corrected chi connectivity index (χ1v) is 16.3. The summed E-state index contributed by atoms with van der Waals surface area (Å²) in [6.07, 6.45) is 0.496. The summed E-state index contributed by atoms with van der Waals surface area (Å²) < 4.78 is 56.5. The molecule has 1 aliphatic heterocycles. The lowest BCUT2D eigenvalue weighted by Gasteiger charge is -2.28. The molecule has 0 radical (unpaired) electrons. The maximum absolute atomic E-state index is 13.0. The molecule has 2 aromatic heterocycles. The van der Waals surface area contributed by atoms with E-state index in [4.69, 9.17) is 19.0 Å². The van der Waals surface area contributed by atoms with E-state index < -0.39 is 23.3 Å². The highest BCUT2D eigenvalue weighted by molar-refractivity contribution is 7.15. The number of hydrogen-bond acceptors (Lipinski definition) is 8. The maximum atomic E-state index is 13.0. The lowest BCUT2D eigenvalue weighted by Crippen LogP contribution is -2.41. The topological polar surface area (TPSA) is 77.7 Å². The van der Waals surface area contributed by atoms with Crippen molar-refractivity contribution >= 4 is 28.3 Å². The SMILES string of the molecule is Cc1cc2c(CCc3sc(-c4ccc(C(F)(F)F)cc4)nc3C(C)C)noc2cc1OC(C)(C)C(=O)OCCN1CCCCC1. The summed E-state index contributed by atoms with van der Waals surface area (Å²) in [5.41, 5.74) is 1.90. The fourth-order valence-corrected chi connectivity index (χ4v) is 6.73. The molecule has 1 fully saturated rings. The smallest absolute Gasteiger partial charge is 0.416 e. The monoisotopic (exact) mass is 643 g/mol. The number of aryl methyl sites for hydroxylation is 3. The third kappa shape index (κ3) is 7.87. The number of esters is 1. The first-order valence-electron chi connectivity index (χ1n) is 15.5. The van der Waals surface area contributed by atoms with E-state index in [1.165, 1.54) is 42.7 Å². The third-order valence-electron chi connectivity index (χ3n) is 8.11. The van der Waals surface area contributed by atoms with Crippen molar-refractivity contribution in [3.05, 3.63) is 63.8 Å². The van der Waals surface area contributed by atoms with E-state index in [-0.39, 0.29) is 5.92 Å². The lowest BCUT2D eigenvalue weighted by molar-refractivity contribution is -0.159. The minimum absolute atomic E-state index is 0.148. The number of piperidine rings is 1. The number of nitrogens with zero attached hydrogens (tertiary/aromatic N) is 3. The minimum Gasteiger partial charge on any atom is -0.476 e. The van der Waals surface area contributed by atoms with Crippen molar-refractivity contribution < 1.29 is 32.0 Å². The molecular weight excluding hydrogens is 603 g/mol. The highest BCUT2D eigenvalue weighted by Gasteiger charge is 2.33. The van der Waals surface area contributed by atoms with Gasteiger partial charge in [0.2, 0.25) is 0 Å². The molecule has 1 saturated heterocycles. The Morgan fingerprint density at radius 1 is 1.07 bits per heavy atom. The highest BCUT2D eigenvalue weighted by atomic mass is 32.1. The number of hydrogen-bond donors (Lipinski definition) is 0. The van der Waals surface area contributed by atoms with Crippen LogP contribution in [0.2, 0.25) is 0 Å². The second kappa shape index (κ2) is 13.5. The normalized spacial score (nSPS) is 14.8. The van der Waals surface area contributed by atoms with Gasteiger partial charge >= 0.3 is 12.1 Å². The molecule has 0 N–H and O–H groups in total. The van der Waals surface area contributed by atoms with E-state index in [2.05, 4.69) is 23.9 Å². The number of fused-ring (bicyclic) bond motifs is 1. The van der Waals surface area contributed by atoms with Gasteiger partial charge < -0.3 is 14.0 Å². The third-order valence-corrected chi connectivity index (χ3v) is 9.29. The van der Waals surface area contributed by atoms with Crippen molar-refractivity contribution in [2.45, 2.75) is 84.4 Å². The zero-order valence-electron chi connectivity index (χ0n) is 26.4. The van der Waals surface area contributed by atoms with Gasteiger partial charge in [-0.25, -0.2) is 9.78 Å². The van der Waals surface area contributed by atoms with Crippen molar-refractivity contribution in [3.8, 4) is 16.3 Å². The fourth-order valence-electron chi connectivity index (χ4n) is 5.51. The van der Waals surface area contributed by atoms with E-state index in [1.807, 2.05) is 13.0 Å². The van der Waals surface area contributed by atoms with E-state index in [0.29, 0.717) is 41.4 Å². The van der Waals surface area contributed by atoms with E-state index in [0.717, 1.165) is 59.0 Å². The second-order valence-corrected chi connectivity index (χ2v) is 13.5. The predicted octanol–water partition coefficient (Wildman–Crippen LogP) is 8.37. The fraction of sp³-hybridized carbons (Fsp3) is 0.500. The molecule has 0 saturated carbocycles. The maximum Gasteiger partial charge on any atom is 0.416 e. The van der Waals surface area contributed by atoms with Crippen molar-refractivity contribution in [2.75, 3.05) is 26.2 Å². The molecular formula is C34H40F3N3O4S. The average Bonchev–Trinajstić information content (AvgIpc) is 3.60. The van der Waals surface area contributed by atoms with E-state index >= 15 is 0 Å². The van der Waals surface area contributed by atoms with Crippen LogP contribution in [0.15, 0.2) is 40.9 Å². The number of carbonyl (C=O) groups excluding carboxylic acids is 1. The summed E-state index contributed by atoms with van der Waals surface area (Å²) in [4.78, 5) is 21.1. The summed E-state index contributed by atoms with van der Waals surface area (Å²) in [5, 5.41) is 5.89. The van der Waals surface area contributed by atoms with Gasteiger partial charge in [-0.2, -0.15) is 13.2 Å². The zero-order valence-corrected chi connectivity index (χ0v) is 27.2. The molecule has 11 heteroatoms. The number of alkyl halides is 3. The van der Waals surface area contributed by atoms with Gasteiger partial charge in [-0.3, -0.25) is 4.90 Å². The van der Waals surface area contributed by atoms with E-state index in [1.54, 1.807) is 19.9 Å². The zero-order chi connectivity index (χ0) is 32.4. The minimum atomic E-state index is -4.38. The van der Waals surface area contributed by atoms with Crippen LogP contribution in [0.3, 0.4) is 0 Å². The number of carbonyl (C=O) groups is 1. The Morgan fingerprint density at radius 2 is 1.78 bits per heavy atom. The van der Waals surface area contributed by atoms with Crippen LogP contribution in [0.25, 0.3) is 21.5 Å². The molecule has 4 aromatic rings. The highest BCUT2D eigenvalue weighted by Crippen LogP contribution is 2.36. The van der Waals surface area contributed by atoms with Gasteiger partial charge in [-0.05, 0) is 89.2 Å². The molecule has 0 aliphatic carbocycles. The van der Waals surface area contributed by atoms with Gasteiger partial charge in [0.1, 0.15) is 17.4 Å². The number of rotatable bonds is 11. The van der Waals surface area contributed by atoms with Crippen molar-refractivity contribution in [1.29, 1.82) is 0 Å². The number of thiazole rings is 1. The Balaban J connectivity index is 1.25. The molecule has 1 aliphatic rings. The van der Waals surface area contributed by atoms with Crippen molar-refractivity contribution in [1.82, 2.24) is 15.0 Å². The van der Waals surface area contributed by atoms with Gasteiger partial charge in [0.15, 0.2) is 11.2 Å². The Hall–Kier alpha value is -3.44. The van der Waals surface area contributed by atoms with Gasteiger partial charge in [-0.15, -0.1) is 11.3 Å². The molecule has 45 heavy (non-hydrogen) atoms. The summed E-state index contributed by atoms with van der Waals surface area (Å²) >= 11 is 1.49. The Bertz CT molecular complexity index is 1620. The van der Waals surface area contributed by atoms with Crippen LogP contribution in [0, 0.1) is 6.92 Å². The molecule has 7 nitrogen and oxygen atoms in total. The Labute approximate surface area is 265 Å². The van der Waals surface area contributed by atoms with Crippen LogP contribution in [0.5, 0.6) is 5.75 Å². The summed E-state index contributed by atoms with van der Waals surface area (Å²) in [6, 6.07) is 8.85. The quantitative estimate of drug-likeness (QED) is 0.152. The standard InChI is InChI=1S/C34H40F3N3O4S/c1-21(2)30-29(45-31(38-30)23-9-11-24(12-10-23)34(35,36)37)14-13-26-25-19-22(3)27(20-28(25)44-39-26)43-33(4,5)32(41)42-18-17-40-15-7-6-8-16-40/h9-12,19-21H,6-8,13-18H2,1-5H3. The largest absolute Gasteiger partial charge is 0.476 e. The molecule has 0 atom stereocenters. The van der Waals surface area contributed by atoms with Crippen molar-refractivity contribution in [3.63, 3.8) is 0 Å². The summed E-state index contributed by atoms with van der Waals surface area (Å²) in [6.45, 7) is 12.6. The molecule has 0 amide bonds. The van der Waals surface area contributed by atoms with Crippen LogP contribution in [0.4, 0.5) is 13.2 Å². The molecule has 0 spiro atoms. The van der Waals surface area contributed by atoms with Crippen LogP contribution in [-0.2, 0) is 28.5 Å². The number of likely N-dealkylation sites (tertiary alicyclic amines) is 1. The first kappa shape index (κ1) is 32.9. The van der Waals surface area contributed by atoms with Gasteiger partial charge in [0.05, 0.1) is 17.0 Å². The molecule has 3 heterocycles. The number of aromatic nitrogens is 2. The summed E-state index contributed by atoms with van der Waals surface area (Å²) in [5.74, 6) is 0.252. The average molecular weight is 644 g/mol. The van der Waals surface area contributed by atoms with Gasteiger partial charge in [-0.1, -0.05) is 37.6 Å². The van der Waals surface area contributed by atoms with Crippen LogP contribution >= 0.6 is 11.3 Å². The van der Waals surface area contributed by atoms with Gasteiger partial charge in [0, 0.05) is 28.4 Å². The van der Waals surface area contributed by atoms with Gasteiger partial charge in [0.25, 0.3) is 0 Å². The van der Waals surface area contributed by atoms with Crippen molar-refractivity contribution in [2.24, 2.45) is 0 Å². The summed E-state index contributed by atoms with van der Waals surface area (Å²) in [7, 11) is 0. The second-order valence-electron chi connectivity index (χ2n) is 12.5. The first-order chi connectivity index (χ1) is 21.3. The molecule has 5 rings (SSSR count). The van der Waals surface area contributed by atoms with Crippen LogP contribution < -0.4 is 4.74 Å². The Morgan fingerprint density at radius 3 is 2.44 bits per heavy atom. The molecule has 0 bridgehead atoms. The number of halogens is 3. The molecule has 242 valence electrons. The number of ether oxygens (including phenoxy) is 2.